The lowest BCUT2D eigenvalue weighted by Gasteiger charge is -2.01. The first-order chi connectivity index (χ1) is 4.31. The van der Waals surface area contributed by atoms with Gasteiger partial charge in [-0.25, -0.2) is 0 Å². The number of hydrogen-bond donors (Lipinski definition) is 2. The summed E-state index contributed by atoms with van der Waals surface area (Å²) in [6.07, 6.45) is 0.946. The Labute approximate surface area is 57.5 Å². The summed E-state index contributed by atoms with van der Waals surface area (Å²) in [4.78, 5) is 0. The first kappa shape index (κ1) is 11.7. The lowest BCUT2D eigenvalue weighted by atomic mass is 10.2. The molecule has 0 spiro atoms. The maximum atomic E-state index is 8.70. The third kappa shape index (κ3) is 11.5. The maximum absolute atomic E-state index is 8.70. The highest BCUT2D eigenvalue weighted by atomic mass is 16.3. The Kier molecular flexibility index (Phi) is 14.0. The summed E-state index contributed by atoms with van der Waals surface area (Å²) in [5.74, 6) is 0. The molecule has 2 nitrogen and oxygen atoms in total. The monoisotopic (exact) mass is 134 g/mol. The first-order valence-electron chi connectivity index (χ1n) is 3.60. The second-order valence-electron chi connectivity index (χ2n) is 1.57. The summed E-state index contributed by atoms with van der Waals surface area (Å²) in [6, 6.07) is 0. The van der Waals surface area contributed by atoms with Crippen LogP contribution in [0.25, 0.3) is 0 Å². The second-order valence-corrected chi connectivity index (χ2v) is 1.57. The normalized spacial score (nSPS) is 11.7. The molecule has 9 heavy (non-hydrogen) atoms. The fourth-order valence-electron chi connectivity index (χ4n) is 0.353. The number of aliphatic hydroxyl groups excluding tert-OH is 2. The second kappa shape index (κ2) is 10.8. The van der Waals surface area contributed by atoms with Gasteiger partial charge in [-0.05, 0) is 12.8 Å². The van der Waals surface area contributed by atoms with Crippen molar-refractivity contribution in [3.8, 4) is 0 Å². The number of hydrogen-bond acceptors (Lipinski definition) is 2. The van der Waals surface area contributed by atoms with Crippen molar-refractivity contribution in [3.63, 3.8) is 0 Å². The molecule has 2 N–H and O–H groups in total. The molecule has 0 aliphatic rings. The molecule has 0 rings (SSSR count). The summed E-state index contributed by atoms with van der Waals surface area (Å²) in [5.41, 5.74) is 0. The number of rotatable bonds is 3. The van der Waals surface area contributed by atoms with Crippen molar-refractivity contribution in [2.45, 2.75) is 39.7 Å². The van der Waals surface area contributed by atoms with E-state index in [1.165, 1.54) is 0 Å². The van der Waals surface area contributed by atoms with E-state index in [9.17, 15) is 0 Å². The van der Waals surface area contributed by atoms with Crippen LogP contribution in [-0.4, -0.2) is 22.9 Å². The van der Waals surface area contributed by atoms with Gasteiger partial charge in [0.05, 0.1) is 6.10 Å². The minimum Gasteiger partial charge on any atom is -0.396 e. The quantitative estimate of drug-likeness (QED) is 0.608. The minimum atomic E-state index is -0.301. The highest BCUT2D eigenvalue weighted by Gasteiger charge is 1.95. The molecule has 0 fully saturated rings. The molecule has 1 unspecified atom stereocenters. The summed E-state index contributed by atoms with van der Waals surface area (Å²) in [6.45, 7) is 5.98. The van der Waals surface area contributed by atoms with Crippen LogP contribution < -0.4 is 0 Å². The smallest absolute Gasteiger partial charge is 0.0559 e. The summed E-state index contributed by atoms with van der Waals surface area (Å²) in [5, 5.41) is 16.9. The molecule has 1 atom stereocenters. The number of aliphatic hydroxyl groups is 2. The topological polar surface area (TPSA) is 40.5 Å². The van der Waals surface area contributed by atoms with E-state index in [4.69, 9.17) is 10.2 Å². The van der Waals surface area contributed by atoms with Gasteiger partial charge < -0.3 is 10.2 Å². The van der Waals surface area contributed by atoms with Gasteiger partial charge in [0.2, 0.25) is 0 Å². The molecule has 2 heteroatoms. The fourth-order valence-corrected chi connectivity index (χ4v) is 0.353. The van der Waals surface area contributed by atoms with Gasteiger partial charge in [0.15, 0.2) is 0 Å². The fraction of sp³-hybridized carbons (Fsp3) is 1.00. The van der Waals surface area contributed by atoms with Gasteiger partial charge in [0.1, 0.15) is 0 Å². The van der Waals surface area contributed by atoms with Crippen LogP contribution in [0.1, 0.15) is 33.6 Å². The third-order valence-corrected chi connectivity index (χ3v) is 0.934. The molecule has 0 aliphatic heterocycles. The van der Waals surface area contributed by atoms with Gasteiger partial charge in [-0.3, -0.25) is 0 Å². The van der Waals surface area contributed by atoms with Crippen molar-refractivity contribution in [1.29, 1.82) is 0 Å². The molecule has 0 aromatic carbocycles. The Hall–Kier alpha value is -0.0800. The van der Waals surface area contributed by atoms with Crippen molar-refractivity contribution in [3.05, 3.63) is 0 Å². The Balaban J connectivity index is 0. The molecule has 0 saturated carbocycles. The SMILES string of the molecule is CC.CCC(O)CCO. The van der Waals surface area contributed by atoms with Crippen LogP contribution >= 0.6 is 0 Å². The molecule has 0 aromatic heterocycles. The summed E-state index contributed by atoms with van der Waals surface area (Å²) < 4.78 is 0. The van der Waals surface area contributed by atoms with Crippen molar-refractivity contribution < 1.29 is 10.2 Å². The van der Waals surface area contributed by atoms with Crippen LogP contribution in [0.15, 0.2) is 0 Å². The molecule has 0 aliphatic carbocycles. The molecule has 0 aromatic rings. The van der Waals surface area contributed by atoms with E-state index in [0.717, 1.165) is 6.42 Å². The summed E-state index contributed by atoms with van der Waals surface area (Å²) in [7, 11) is 0. The highest BCUT2D eigenvalue weighted by Crippen LogP contribution is 1.92. The van der Waals surface area contributed by atoms with E-state index in [1.807, 2.05) is 20.8 Å². The average molecular weight is 134 g/mol. The highest BCUT2D eigenvalue weighted by molar-refractivity contribution is 4.47. The van der Waals surface area contributed by atoms with E-state index in [2.05, 4.69) is 0 Å². The van der Waals surface area contributed by atoms with Gasteiger partial charge in [-0.15, -0.1) is 0 Å². The predicted octanol–water partition coefficient (Wildman–Crippen LogP) is 1.17. The van der Waals surface area contributed by atoms with Crippen LogP contribution in [0.3, 0.4) is 0 Å². The predicted molar refractivity (Wildman–Crippen MR) is 39.3 cm³/mol. The Bertz CT molecular complexity index is 37.9. The van der Waals surface area contributed by atoms with Gasteiger partial charge in [0, 0.05) is 6.61 Å². The third-order valence-electron chi connectivity index (χ3n) is 0.934. The lowest BCUT2D eigenvalue weighted by Crippen LogP contribution is -2.05. The standard InChI is InChI=1S/C5H12O2.C2H6/c1-2-5(7)3-4-6;1-2/h5-7H,2-4H2,1H3;1-2H3. The Morgan fingerprint density at radius 1 is 1.33 bits per heavy atom. The van der Waals surface area contributed by atoms with E-state index < -0.39 is 0 Å². The van der Waals surface area contributed by atoms with Crippen LogP contribution in [0.4, 0.5) is 0 Å². The van der Waals surface area contributed by atoms with Crippen LogP contribution in [-0.2, 0) is 0 Å². The van der Waals surface area contributed by atoms with Gasteiger partial charge in [-0.2, -0.15) is 0 Å². The van der Waals surface area contributed by atoms with E-state index in [0.29, 0.717) is 6.42 Å². The zero-order chi connectivity index (χ0) is 7.70. The van der Waals surface area contributed by atoms with Gasteiger partial charge >= 0.3 is 0 Å². The molecular weight excluding hydrogens is 116 g/mol. The van der Waals surface area contributed by atoms with Crippen molar-refractivity contribution in [2.24, 2.45) is 0 Å². The van der Waals surface area contributed by atoms with E-state index >= 15 is 0 Å². The van der Waals surface area contributed by atoms with Crippen molar-refractivity contribution >= 4 is 0 Å². The largest absolute Gasteiger partial charge is 0.396 e. The van der Waals surface area contributed by atoms with Gasteiger partial charge in [0.25, 0.3) is 0 Å². The van der Waals surface area contributed by atoms with Crippen LogP contribution in [0.5, 0.6) is 0 Å². The Morgan fingerprint density at radius 2 is 1.78 bits per heavy atom. The first-order valence-corrected chi connectivity index (χ1v) is 3.60. The molecule has 0 heterocycles. The van der Waals surface area contributed by atoms with E-state index in [-0.39, 0.29) is 12.7 Å². The summed E-state index contributed by atoms with van der Waals surface area (Å²) >= 11 is 0. The average Bonchev–Trinajstić information content (AvgIpc) is 1.93. The maximum Gasteiger partial charge on any atom is 0.0559 e. The van der Waals surface area contributed by atoms with E-state index in [1.54, 1.807) is 0 Å². The zero-order valence-corrected chi connectivity index (χ0v) is 6.59. The van der Waals surface area contributed by atoms with Crippen molar-refractivity contribution in [1.82, 2.24) is 0 Å². The molecule has 0 saturated heterocycles. The van der Waals surface area contributed by atoms with Crippen LogP contribution in [0, 0.1) is 0 Å². The van der Waals surface area contributed by atoms with Gasteiger partial charge in [-0.1, -0.05) is 20.8 Å². The molecule has 0 radical (unpaired) electrons. The molecule has 0 amide bonds. The Morgan fingerprint density at radius 3 is 1.89 bits per heavy atom. The van der Waals surface area contributed by atoms with Crippen molar-refractivity contribution in [2.75, 3.05) is 6.61 Å². The zero-order valence-electron chi connectivity index (χ0n) is 6.59. The molecule has 58 valence electrons. The molecule has 0 bridgehead atoms. The van der Waals surface area contributed by atoms with Crippen LogP contribution in [0.2, 0.25) is 0 Å². The lowest BCUT2D eigenvalue weighted by molar-refractivity contribution is 0.129. The molecular formula is C7H18O2. The minimum absolute atomic E-state index is 0.0923.